The standard InChI is InChI=1S/C12H18N2O3S/c13-11-4-1-3-10(7-11)9-18(15,16)14-12-5-2-6-17-8-12/h1,3-4,7,12,14H,2,5-6,8-9,13H2. The lowest BCUT2D eigenvalue weighted by Gasteiger charge is -2.22. The molecule has 0 amide bonds. The molecule has 0 aromatic heterocycles. The largest absolute Gasteiger partial charge is 0.399 e. The number of sulfonamides is 1. The molecule has 0 saturated carbocycles. The van der Waals surface area contributed by atoms with Crippen molar-refractivity contribution in [3.63, 3.8) is 0 Å². The second-order valence-electron chi connectivity index (χ2n) is 4.54. The highest BCUT2D eigenvalue weighted by molar-refractivity contribution is 7.88. The first-order chi connectivity index (χ1) is 8.55. The van der Waals surface area contributed by atoms with Crippen molar-refractivity contribution >= 4 is 15.7 Å². The molecule has 1 fully saturated rings. The lowest BCUT2D eigenvalue weighted by Crippen LogP contribution is -2.41. The second kappa shape index (κ2) is 5.69. The second-order valence-corrected chi connectivity index (χ2v) is 6.29. The van der Waals surface area contributed by atoms with Gasteiger partial charge in [0.25, 0.3) is 0 Å². The maximum Gasteiger partial charge on any atom is 0.216 e. The van der Waals surface area contributed by atoms with Crippen LogP contribution in [0.25, 0.3) is 0 Å². The first-order valence-electron chi connectivity index (χ1n) is 5.97. The predicted molar refractivity (Wildman–Crippen MR) is 70.5 cm³/mol. The monoisotopic (exact) mass is 270 g/mol. The average Bonchev–Trinajstić information content (AvgIpc) is 2.28. The minimum atomic E-state index is -3.34. The first kappa shape index (κ1) is 13.3. The Bertz CT molecular complexity index is 496. The van der Waals surface area contributed by atoms with Crippen LogP contribution in [0.5, 0.6) is 0 Å². The Kier molecular flexibility index (Phi) is 4.21. The van der Waals surface area contributed by atoms with Crippen LogP contribution in [0.3, 0.4) is 0 Å². The smallest absolute Gasteiger partial charge is 0.216 e. The van der Waals surface area contributed by atoms with Gasteiger partial charge >= 0.3 is 0 Å². The minimum Gasteiger partial charge on any atom is -0.399 e. The van der Waals surface area contributed by atoms with Crippen LogP contribution < -0.4 is 10.5 Å². The normalized spacial score (nSPS) is 20.8. The molecule has 1 aliphatic rings. The zero-order chi connectivity index (χ0) is 13.0. The van der Waals surface area contributed by atoms with E-state index in [0.717, 1.165) is 12.8 Å². The zero-order valence-electron chi connectivity index (χ0n) is 10.1. The molecule has 0 spiro atoms. The highest BCUT2D eigenvalue weighted by Crippen LogP contribution is 2.12. The lowest BCUT2D eigenvalue weighted by molar-refractivity contribution is 0.0774. The summed E-state index contributed by atoms with van der Waals surface area (Å²) >= 11 is 0. The van der Waals surface area contributed by atoms with Crippen LogP contribution >= 0.6 is 0 Å². The maximum atomic E-state index is 12.0. The molecule has 1 aromatic carbocycles. The summed E-state index contributed by atoms with van der Waals surface area (Å²) in [4.78, 5) is 0. The molecule has 2 rings (SSSR count). The van der Waals surface area contributed by atoms with Crippen LogP contribution in [0.15, 0.2) is 24.3 Å². The van der Waals surface area contributed by atoms with Crippen LogP contribution in [-0.4, -0.2) is 27.7 Å². The Hall–Kier alpha value is -1.11. The van der Waals surface area contributed by atoms with E-state index in [1.807, 2.05) is 0 Å². The summed E-state index contributed by atoms with van der Waals surface area (Å²) in [6, 6.07) is 6.82. The molecule has 0 bridgehead atoms. The van der Waals surface area contributed by atoms with Crippen molar-refractivity contribution in [2.24, 2.45) is 0 Å². The lowest BCUT2D eigenvalue weighted by atomic mass is 10.1. The fraction of sp³-hybridized carbons (Fsp3) is 0.500. The number of nitrogens with two attached hydrogens (primary N) is 1. The van der Waals surface area contributed by atoms with Gasteiger partial charge in [-0.3, -0.25) is 0 Å². The molecule has 1 atom stereocenters. The van der Waals surface area contributed by atoms with Crippen molar-refractivity contribution in [1.82, 2.24) is 4.72 Å². The summed E-state index contributed by atoms with van der Waals surface area (Å²) < 4.78 is 31.9. The van der Waals surface area contributed by atoms with Crippen molar-refractivity contribution < 1.29 is 13.2 Å². The van der Waals surface area contributed by atoms with E-state index < -0.39 is 10.0 Å². The number of nitrogen functional groups attached to an aromatic ring is 1. The SMILES string of the molecule is Nc1cccc(CS(=O)(=O)NC2CCCOC2)c1. The molecule has 5 nitrogen and oxygen atoms in total. The Labute approximate surface area is 107 Å². The average molecular weight is 270 g/mol. The molecule has 18 heavy (non-hydrogen) atoms. The fourth-order valence-electron chi connectivity index (χ4n) is 2.03. The van der Waals surface area contributed by atoms with Crippen molar-refractivity contribution in [2.75, 3.05) is 18.9 Å². The van der Waals surface area contributed by atoms with Crippen LogP contribution in [0.4, 0.5) is 5.69 Å². The van der Waals surface area contributed by atoms with Crippen LogP contribution in [0, 0.1) is 0 Å². The van der Waals surface area contributed by atoms with Crippen LogP contribution in [0.1, 0.15) is 18.4 Å². The summed E-state index contributed by atoms with van der Waals surface area (Å²) in [6.07, 6.45) is 1.72. The Balaban J connectivity index is 1.98. The highest BCUT2D eigenvalue weighted by Gasteiger charge is 2.20. The summed E-state index contributed by atoms with van der Waals surface area (Å²) in [7, 11) is -3.34. The molecular weight excluding hydrogens is 252 g/mol. The van der Waals surface area contributed by atoms with E-state index >= 15 is 0 Å². The first-order valence-corrected chi connectivity index (χ1v) is 7.62. The molecular formula is C12H18N2O3S. The van der Waals surface area contributed by atoms with Gasteiger partial charge in [0, 0.05) is 18.3 Å². The van der Waals surface area contributed by atoms with Crippen molar-refractivity contribution in [1.29, 1.82) is 0 Å². The number of nitrogens with one attached hydrogen (secondary N) is 1. The van der Waals surface area contributed by atoms with E-state index in [2.05, 4.69) is 4.72 Å². The third-order valence-corrected chi connectivity index (χ3v) is 4.22. The van der Waals surface area contributed by atoms with Crippen molar-refractivity contribution in [3.8, 4) is 0 Å². The van der Waals surface area contributed by atoms with Crippen molar-refractivity contribution in [3.05, 3.63) is 29.8 Å². The molecule has 100 valence electrons. The van der Waals surface area contributed by atoms with Gasteiger partial charge < -0.3 is 10.5 Å². The van der Waals surface area contributed by atoms with Gasteiger partial charge in [0.2, 0.25) is 10.0 Å². The fourth-order valence-corrected chi connectivity index (χ4v) is 3.43. The van der Waals surface area contributed by atoms with E-state index in [9.17, 15) is 8.42 Å². The molecule has 3 N–H and O–H groups in total. The summed E-state index contributed by atoms with van der Waals surface area (Å²) in [5.41, 5.74) is 6.89. The number of hydrogen-bond acceptors (Lipinski definition) is 4. The van der Waals surface area contributed by atoms with Gasteiger partial charge in [0.05, 0.1) is 12.4 Å². The van der Waals surface area contributed by atoms with E-state index in [-0.39, 0.29) is 11.8 Å². The van der Waals surface area contributed by atoms with E-state index in [0.29, 0.717) is 24.5 Å². The summed E-state index contributed by atoms with van der Waals surface area (Å²) in [5.74, 6) is -0.0471. The third kappa shape index (κ3) is 3.97. The number of anilines is 1. The zero-order valence-corrected chi connectivity index (χ0v) is 10.9. The predicted octanol–water partition coefficient (Wildman–Crippen LogP) is 0.867. The van der Waals surface area contributed by atoms with Gasteiger partial charge in [-0.25, -0.2) is 13.1 Å². The Morgan fingerprint density at radius 2 is 2.28 bits per heavy atom. The van der Waals surface area contributed by atoms with Crippen molar-refractivity contribution in [2.45, 2.75) is 24.6 Å². The number of hydrogen-bond donors (Lipinski definition) is 2. The number of benzene rings is 1. The topological polar surface area (TPSA) is 81.4 Å². The van der Waals surface area contributed by atoms with E-state index in [1.54, 1.807) is 24.3 Å². The van der Waals surface area contributed by atoms with Gasteiger partial charge in [0.1, 0.15) is 0 Å². The van der Waals surface area contributed by atoms with Gasteiger partial charge in [-0.2, -0.15) is 0 Å². The molecule has 1 aromatic rings. The highest BCUT2D eigenvalue weighted by atomic mass is 32.2. The van der Waals surface area contributed by atoms with E-state index in [4.69, 9.17) is 10.5 Å². The molecule has 0 aliphatic carbocycles. The minimum absolute atomic E-state index is 0.0471. The number of ether oxygens (including phenoxy) is 1. The molecule has 1 saturated heterocycles. The Morgan fingerprint density at radius 1 is 1.44 bits per heavy atom. The van der Waals surface area contributed by atoms with Crippen LogP contribution in [-0.2, 0) is 20.5 Å². The van der Waals surface area contributed by atoms with Gasteiger partial charge in [-0.05, 0) is 30.5 Å². The molecule has 1 heterocycles. The molecule has 0 radical (unpaired) electrons. The number of rotatable bonds is 4. The maximum absolute atomic E-state index is 12.0. The Morgan fingerprint density at radius 3 is 2.94 bits per heavy atom. The van der Waals surface area contributed by atoms with Gasteiger partial charge in [-0.1, -0.05) is 12.1 Å². The molecule has 1 aliphatic heterocycles. The van der Waals surface area contributed by atoms with Gasteiger partial charge in [-0.15, -0.1) is 0 Å². The molecule has 1 unspecified atom stereocenters. The quantitative estimate of drug-likeness (QED) is 0.795. The van der Waals surface area contributed by atoms with E-state index in [1.165, 1.54) is 0 Å². The third-order valence-electron chi connectivity index (χ3n) is 2.81. The summed E-state index contributed by atoms with van der Waals surface area (Å²) in [5, 5.41) is 0. The van der Waals surface area contributed by atoms with Crippen LogP contribution in [0.2, 0.25) is 0 Å². The van der Waals surface area contributed by atoms with Gasteiger partial charge in [0.15, 0.2) is 0 Å². The molecule has 6 heteroatoms. The summed E-state index contributed by atoms with van der Waals surface area (Å²) in [6.45, 7) is 1.17.